The first-order valence-electron chi connectivity index (χ1n) is 15.3. The number of carbonyl (C=O) groups excluding carboxylic acids is 4. The quantitative estimate of drug-likeness (QED) is 0.0762. The summed E-state index contributed by atoms with van der Waals surface area (Å²) in [6.45, 7) is 7.80. The average Bonchev–Trinajstić information content (AvgIpc) is 2.99. The van der Waals surface area contributed by atoms with Crippen LogP contribution in [0.4, 0.5) is 0 Å². The van der Waals surface area contributed by atoms with E-state index in [-0.39, 0.29) is 49.6 Å². The molecular weight excluding hydrogens is 572 g/mol. The zero-order chi connectivity index (χ0) is 33.4. The molecule has 0 saturated heterocycles. The molecule has 1 aromatic carbocycles. The minimum absolute atomic E-state index is 0.00676. The largest absolute Gasteiger partial charge is 0.370 e. The smallest absolute Gasteiger partial charge is 0.252 e. The SMILES string of the molecule is CC(C)C[C@H](N)C(=O)N(C(=O)[C@H](CCCN=C(N)N)NC(=O)Cc1ccncc1)[C@H](CNC(=O)/C=C/c1ccccc1)C(C)C. The van der Waals surface area contributed by atoms with E-state index in [1.165, 1.54) is 6.08 Å². The first-order chi connectivity index (χ1) is 21.4. The highest BCUT2D eigenvalue weighted by Gasteiger charge is 2.38. The van der Waals surface area contributed by atoms with Crippen LogP contribution in [0, 0.1) is 11.8 Å². The van der Waals surface area contributed by atoms with Crippen LogP contribution < -0.4 is 27.8 Å². The van der Waals surface area contributed by atoms with Gasteiger partial charge in [-0.1, -0.05) is 58.0 Å². The molecule has 4 amide bonds. The van der Waals surface area contributed by atoms with Gasteiger partial charge in [0.05, 0.1) is 18.5 Å². The molecule has 12 nitrogen and oxygen atoms in total. The summed E-state index contributed by atoms with van der Waals surface area (Å²) in [6, 6.07) is 9.99. The van der Waals surface area contributed by atoms with E-state index in [4.69, 9.17) is 17.2 Å². The van der Waals surface area contributed by atoms with Gasteiger partial charge in [0, 0.05) is 31.6 Å². The highest BCUT2D eigenvalue weighted by Crippen LogP contribution is 2.18. The lowest BCUT2D eigenvalue weighted by molar-refractivity contribution is -0.152. The first-order valence-corrected chi connectivity index (χ1v) is 15.3. The molecule has 0 radical (unpaired) electrons. The van der Waals surface area contributed by atoms with Crippen LogP contribution in [-0.2, 0) is 25.6 Å². The normalized spacial score (nSPS) is 13.2. The number of nitrogens with zero attached hydrogens (tertiary/aromatic N) is 3. The monoisotopic (exact) mass is 620 g/mol. The van der Waals surface area contributed by atoms with Gasteiger partial charge in [-0.3, -0.25) is 34.1 Å². The fourth-order valence-corrected chi connectivity index (χ4v) is 4.71. The molecule has 0 bridgehead atoms. The van der Waals surface area contributed by atoms with Crippen molar-refractivity contribution in [1.82, 2.24) is 20.5 Å². The maximum Gasteiger partial charge on any atom is 0.252 e. The molecule has 1 aromatic heterocycles. The minimum Gasteiger partial charge on any atom is -0.370 e. The molecular formula is C33H48N8O4. The van der Waals surface area contributed by atoms with E-state index in [1.807, 2.05) is 58.0 Å². The Hall–Kier alpha value is -4.58. The van der Waals surface area contributed by atoms with Gasteiger partial charge in [-0.25, -0.2) is 0 Å². The number of pyridine rings is 1. The molecule has 0 saturated carbocycles. The third-order valence-electron chi connectivity index (χ3n) is 7.02. The summed E-state index contributed by atoms with van der Waals surface area (Å²) in [4.78, 5) is 63.2. The van der Waals surface area contributed by atoms with Gasteiger partial charge in [0.2, 0.25) is 17.7 Å². The number of guanidine groups is 1. The van der Waals surface area contributed by atoms with Crippen molar-refractivity contribution in [2.24, 2.45) is 34.0 Å². The van der Waals surface area contributed by atoms with Crippen molar-refractivity contribution in [3.8, 4) is 0 Å². The van der Waals surface area contributed by atoms with Crippen LogP contribution in [0.2, 0.25) is 0 Å². The number of hydrogen-bond acceptors (Lipinski definition) is 7. The number of aliphatic imine (C=N–C) groups is 1. The van der Waals surface area contributed by atoms with Crippen LogP contribution in [0.5, 0.6) is 0 Å². The molecule has 2 rings (SSSR count). The Labute approximate surface area is 265 Å². The lowest BCUT2D eigenvalue weighted by Gasteiger charge is -2.37. The Morgan fingerprint density at radius 2 is 1.64 bits per heavy atom. The van der Waals surface area contributed by atoms with Gasteiger partial charge in [0.1, 0.15) is 6.04 Å². The number of nitrogens with two attached hydrogens (primary N) is 3. The van der Waals surface area contributed by atoms with Gasteiger partial charge in [-0.2, -0.15) is 0 Å². The molecule has 2 aromatic rings. The fraction of sp³-hybridized carbons (Fsp3) is 0.455. The number of hydrogen-bond donors (Lipinski definition) is 5. The number of benzene rings is 1. The zero-order valence-corrected chi connectivity index (χ0v) is 26.7. The zero-order valence-electron chi connectivity index (χ0n) is 26.7. The fourth-order valence-electron chi connectivity index (χ4n) is 4.71. The number of rotatable bonds is 17. The second-order valence-corrected chi connectivity index (χ2v) is 11.7. The van der Waals surface area contributed by atoms with Crippen LogP contribution in [0.15, 0.2) is 65.9 Å². The van der Waals surface area contributed by atoms with E-state index in [1.54, 1.807) is 30.6 Å². The summed E-state index contributed by atoms with van der Waals surface area (Å²) >= 11 is 0. The van der Waals surface area contributed by atoms with Crippen molar-refractivity contribution in [2.45, 2.75) is 71.5 Å². The first kappa shape index (κ1) is 36.6. The third-order valence-corrected chi connectivity index (χ3v) is 7.02. The Bertz CT molecular complexity index is 1290. The molecule has 0 unspecified atom stereocenters. The van der Waals surface area contributed by atoms with Crippen molar-refractivity contribution >= 4 is 35.7 Å². The molecule has 0 spiro atoms. The summed E-state index contributed by atoms with van der Waals surface area (Å²) in [5, 5.41) is 5.64. The molecule has 0 aliphatic rings. The molecule has 45 heavy (non-hydrogen) atoms. The number of amides is 4. The molecule has 0 aliphatic carbocycles. The molecule has 3 atom stereocenters. The van der Waals surface area contributed by atoms with E-state index >= 15 is 0 Å². The number of aromatic nitrogens is 1. The summed E-state index contributed by atoms with van der Waals surface area (Å²) in [5.74, 6) is -2.21. The molecule has 8 N–H and O–H groups in total. The van der Waals surface area contributed by atoms with Crippen LogP contribution >= 0.6 is 0 Å². The van der Waals surface area contributed by atoms with E-state index in [0.717, 1.165) is 10.5 Å². The van der Waals surface area contributed by atoms with Crippen molar-refractivity contribution in [3.05, 3.63) is 72.1 Å². The maximum absolute atomic E-state index is 14.3. The van der Waals surface area contributed by atoms with Crippen molar-refractivity contribution in [2.75, 3.05) is 13.1 Å². The van der Waals surface area contributed by atoms with Gasteiger partial charge >= 0.3 is 0 Å². The van der Waals surface area contributed by atoms with Gasteiger partial charge < -0.3 is 27.8 Å². The second kappa shape index (κ2) is 18.9. The average molecular weight is 621 g/mol. The van der Waals surface area contributed by atoms with Gasteiger partial charge in [0.25, 0.3) is 5.91 Å². The number of imide groups is 1. The third kappa shape index (κ3) is 13.3. The summed E-state index contributed by atoms with van der Waals surface area (Å²) in [6.07, 6.45) is 7.12. The maximum atomic E-state index is 14.3. The summed E-state index contributed by atoms with van der Waals surface area (Å²) in [7, 11) is 0. The highest BCUT2D eigenvalue weighted by atomic mass is 16.2. The lowest BCUT2D eigenvalue weighted by atomic mass is 9.96. The summed E-state index contributed by atoms with van der Waals surface area (Å²) in [5.41, 5.74) is 18.8. The van der Waals surface area contributed by atoms with Crippen LogP contribution in [0.1, 0.15) is 58.1 Å². The van der Waals surface area contributed by atoms with Crippen molar-refractivity contribution < 1.29 is 19.2 Å². The predicted molar refractivity (Wildman–Crippen MR) is 176 cm³/mol. The highest BCUT2D eigenvalue weighted by molar-refractivity contribution is 6.02. The molecule has 244 valence electrons. The number of nitrogens with one attached hydrogen (secondary N) is 2. The lowest BCUT2D eigenvalue weighted by Crippen LogP contribution is -2.61. The molecule has 0 aliphatic heterocycles. The Kier molecular flexibility index (Phi) is 15.4. The van der Waals surface area contributed by atoms with Crippen molar-refractivity contribution in [1.29, 1.82) is 0 Å². The van der Waals surface area contributed by atoms with E-state index in [2.05, 4.69) is 20.6 Å². The second-order valence-electron chi connectivity index (χ2n) is 11.7. The summed E-state index contributed by atoms with van der Waals surface area (Å²) < 4.78 is 0. The van der Waals surface area contributed by atoms with Gasteiger partial charge in [-0.05, 0) is 60.4 Å². The van der Waals surface area contributed by atoms with E-state index in [0.29, 0.717) is 18.4 Å². The predicted octanol–water partition coefficient (Wildman–Crippen LogP) is 1.75. The van der Waals surface area contributed by atoms with Crippen LogP contribution in [0.25, 0.3) is 6.08 Å². The Balaban J connectivity index is 2.37. The van der Waals surface area contributed by atoms with Crippen LogP contribution in [0.3, 0.4) is 0 Å². The van der Waals surface area contributed by atoms with Crippen molar-refractivity contribution in [3.63, 3.8) is 0 Å². The van der Waals surface area contributed by atoms with E-state index in [9.17, 15) is 19.2 Å². The minimum atomic E-state index is -1.07. The topological polar surface area (TPSA) is 199 Å². The van der Waals surface area contributed by atoms with Gasteiger partial charge in [-0.15, -0.1) is 0 Å². The molecule has 12 heteroatoms. The van der Waals surface area contributed by atoms with E-state index < -0.39 is 35.8 Å². The Morgan fingerprint density at radius 3 is 2.24 bits per heavy atom. The van der Waals surface area contributed by atoms with Crippen LogP contribution in [-0.4, -0.2) is 70.7 Å². The molecule has 1 heterocycles. The van der Waals surface area contributed by atoms with Gasteiger partial charge in [0.15, 0.2) is 5.96 Å². The number of carbonyl (C=O) groups is 4. The standard InChI is InChI=1S/C33H48N8O4/c1-22(2)19-26(34)31(44)41(28(23(3)4)21-39-29(42)13-12-24-9-6-5-7-10-24)32(45)27(11-8-16-38-33(35)36)40-30(43)20-25-14-17-37-18-15-25/h5-7,9-10,12-15,17-18,22-23,26-28H,8,11,16,19-21,34H2,1-4H3,(H,39,42)(H,40,43)(H4,35,36,38)/b13-12+/t26-,27-,28+/m0/s1. The molecule has 0 fully saturated rings. The Morgan fingerprint density at radius 1 is 0.978 bits per heavy atom.